The molecular formula is C24H20F2N2O4. The van der Waals surface area contributed by atoms with Crippen molar-refractivity contribution in [2.75, 3.05) is 7.11 Å². The minimum absolute atomic E-state index is 0.00896. The molecule has 1 fully saturated rings. The summed E-state index contributed by atoms with van der Waals surface area (Å²) >= 11 is 0. The van der Waals surface area contributed by atoms with E-state index in [0.717, 1.165) is 11.1 Å². The Morgan fingerprint density at radius 2 is 1.91 bits per heavy atom. The molecule has 0 unspecified atom stereocenters. The van der Waals surface area contributed by atoms with Crippen molar-refractivity contribution < 1.29 is 27.8 Å². The van der Waals surface area contributed by atoms with Gasteiger partial charge in [-0.3, -0.25) is 9.78 Å². The number of aromatic nitrogens is 2. The lowest BCUT2D eigenvalue weighted by atomic mass is 9.88. The number of ether oxygens (including phenoxy) is 3. The lowest BCUT2D eigenvalue weighted by Gasteiger charge is -2.16. The molecule has 1 aromatic carbocycles. The number of ketones is 1. The van der Waals surface area contributed by atoms with Gasteiger partial charge in [0.05, 0.1) is 23.8 Å². The van der Waals surface area contributed by atoms with Gasteiger partial charge in [0.2, 0.25) is 5.88 Å². The van der Waals surface area contributed by atoms with E-state index in [-0.39, 0.29) is 23.7 Å². The number of nitrogens with zero attached hydrogens (tertiary/aromatic N) is 2. The van der Waals surface area contributed by atoms with Crippen molar-refractivity contribution in [2.24, 2.45) is 0 Å². The fourth-order valence-corrected chi connectivity index (χ4v) is 4.15. The van der Waals surface area contributed by atoms with Crippen LogP contribution in [0.5, 0.6) is 17.4 Å². The van der Waals surface area contributed by atoms with Crippen LogP contribution in [0.15, 0.2) is 48.7 Å². The quantitative estimate of drug-likeness (QED) is 0.559. The van der Waals surface area contributed by atoms with Crippen molar-refractivity contribution >= 4 is 5.78 Å². The standard InChI is InChI=1S/C24H20F2N2O4/c1-14-10-16(28-18(11-14)17-4-3-9-27-22(17)30-2)13-21(29)23(7-8-23)15-5-6-19-20(12-15)32-24(25,26)31-19/h3-6,9-12H,7-8,13H2,1-2H3. The van der Waals surface area contributed by atoms with Gasteiger partial charge in [-0.25, -0.2) is 4.98 Å². The molecule has 0 spiro atoms. The molecule has 0 saturated heterocycles. The van der Waals surface area contributed by atoms with Crippen LogP contribution in [-0.2, 0) is 16.6 Å². The molecule has 1 aliphatic carbocycles. The number of carbonyl (C=O) groups excluding carboxylic acids is 1. The molecular weight excluding hydrogens is 418 g/mol. The molecule has 2 aromatic heterocycles. The second-order valence-electron chi connectivity index (χ2n) is 8.09. The third-order valence-electron chi connectivity index (χ3n) is 5.84. The maximum Gasteiger partial charge on any atom is 0.586 e. The largest absolute Gasteiger partial charge is 0.586 e. The van der Waals surface area contributed by atoms with Crippen LogP contribution < -0.4 is 14.2 Å². The number of hydrogen-bond donors (Lipinski definition) is 0. The van der Waals surface area contributed by atoms with Gasteiger partial charge in [0.25, 0.3) is 0 Å². The number of halogens is 2. The van der Waals surface area contributed by atoms with Crippen LogP contribution in [0.25, 0.3) is 11.3 Å². The van der Waals surface area contributed by atoms with Crippen molar-refractivity contribution in [1.29, 1.82) is 0 Å². The van der Waals surface area contributed by atoms with Crippen molar-refractivity contribution in [3.8, 4) is 28.6 Å². The number of fused-ring (bicyclic) bond motifs is 1. The second kappa shape index (κ2) is 7.25. The van der Waals surface area contributed by atoms with Crippen molar-refractivity contribution in [1.82, 2.24) is 9.97 Å². The van der Waals surface area contributed by atoms with E-state index < -0.39 is 11.7 Å². The Labute approximate surface area is 183 Å². The van der Waals surface area contributed by atoms with Crippen LogP contribution in [0.2, 0.25) is 0 Å². The summed E-state index contributed by atoms with van der Waals surface area (Å²) in [6.07, 6.45) is -0.618. The van der Waals surface area contributed by atoms with Gasteiger partial charge in [-0.2, -0.15) is 0 Å². The summed E-state index contributed by atoms with van der Waals surface area (Å²) in [5.74, 6) is 0.368. The number of benzene rings is 1. The van der Waals surface area contributed by atoms with E-state index in [9.17, 15) is 13.6 Å². The third-order valence-corrected chi connectivity index (χ3v) is 5.84. The highest BCUT2D eigenvalue weighted by atomic mass is 19.3. The molecule has 0 atom stereocenters. The summed E-state index contributed by atoms with van der Waals surface area (Å²) in [5.41, 5.74) is 2.95. The van der Waals surface area contributed by atoms with E-state index in [0.29, 0.717) is 35.7 Å². The highest BCUT2D eigenvalue weighted by Gasteiger charge is 2.52. The fourth-order valence-electron chi connectivity index (χ4n) is 4.15. The first-order valence-electron chi connectivity index (χ1n) is 10.2. The van der Waals surface area contributed by atoms with Gasteiger partial charge in [-0.05, 0) is 67.3 Å². The highest BCUT2D eigenvalue weighted by Crippen LogP contribution is 2.52. The minimum atomic E-state index is -3.68. The molecule has 5 rings (SSSR count). The Bertz CT molecular complexity index is 1220. The Hall–Kier alpha value is -3.55. The van der Waals surface area contributed by atoms with E-state index in [2.05, 4.69) is 19.4 Å². The van der Waals surface area contributed by atoms with Gasteiger partial charge in [0, 0.05) is 18.3 Å². The minimum Gasteiger partial charge on any atom is -0.481 e. The molecule has 3 aromatic rings. The summed E-state index contributed by atoms with van der Waals surface area (Å²) in [7, 11) is 1.55. The molecule has 0 amide bonds. The molecule has 1 aliphatic heterocycles. The molecule has 164 valence electrons. The predicted molar refractivity (Wildman–Crippen MR) is 111 cm³/mol. The number of pyridine rings is 2. The average molecular weight is 438 g/mol. The molecule has 0 bridgehead atoms. The fraction of sp³-hybridized carbons (Fsp3) is 0.292. The first kappa shape index (κ1) is 20.4. The number of methoxy groups -OCH3 is 1. The van der Waals surface area contributed by atoms with Crippen LogP contribution in [0.4, 0.5) is 8.78 Å². The molecule has 32 heavy (non-hydrogen) atoms. The number of aryl methyl sites for hydroxylation is 1. The second-order valence-corrected chi connectivity index (χ2v) is 8.09. The van der Waals surface area contributed by atoms with Gasteiger partial charge in [-0.1, -0.05) is 6.07 Å². The summed E-state index contributed by atoms with van der Waals surface area (Å²) < 4.78 is 41.1. The molecule has 3 heterocycles. The zero-order valence-corrected chi connectivity index (χ0v) is 17.5. The molecule has 0 N–H and O–H groups in total. The summed E-state index contributed by atoms with van der Waals surface area (Å²) in [6.45, 7) is 1.94. The number of alkyl halides is 2. The number of rotatable bonds is 6. The van der Waals surface area contributed by atoms with E-state index in [1.54, 1.807) is 25.4 Å². The van der Waals surface area contributed by atoms with E-state index in [1.165, 1.54) is 12.1 Å². The molecule has 6 nitrogen and oxygen atoms in total. The third kappa shape index (κ3) is 3.55. The lowest BCUT2D eigenvalue weighted by Crippen LogP contribution is -2.26. The first-order chi connectivity index (χ1) is 15.3. The smallest absolute Gasteiger partial charge is 0.481 e. The summed E-state index contributed by atoms with van der Waals surface area (Å²) in [6, 6.07) is 12.0. The lowest BCUT2D eigenvalue weighted by molar-refractivity contribution is -0.286. The number of hydrogen-bond acceptors (Lipinski definition) is 6. The Morgan fingerprint density at radius 3 is 2.66 bits per heavy atom. The van der Waals surface area contributed by atoms with E-state index in [4.69, 9.17) is 4.74 Å². The average Bonchev–Trinajstić information content (AvgIpc) is 3.50. The molecule has 0 radical (unpaired) electrons. The predicted octanol–water partition coefficient (Wildman–Crippen LogP) is 4.63. The van der Waals surface area contributed by atoms with Gasteiger partial charge in [-0.15, -0.1) is 8.78 Å². The van der Waals surface area contributed by atoms with Crippen LogP contribution in [0.3, 0.4) is 0 Å². The maximum atomic E-state index is 13.4. The number of carbonyl (C=O) groups is 1. The van der Waals surface area contributed by atoms with Gasteiger partial charge >= 0.3 is 6.29 Å². The summed E-state index contributed by atoms with van der Waals surface area (Å²) in [5, 5.41) is 0. The monoisotopic (exact) mass is 438 g/mol. The van der Waals surface area contributed by atoms with Gasteiger partial charge < -0.3 is 14.2 Å². The Kier molecular flexibility index (Phi) is 4.62. The van der Waals surface area contributed by atoms with Crippen molar-refractivity contribution in [3.63, 3.8) is 0 Å². The highest BCUT2D eigenvalue weighted by molar-refractivity contribution is 5.94. The van der Waals surface area contributed by atoms with Gasteiger partial charge in [0.1, 0.15) is 5.78 Å². The normalized spacial score (nSPS) is 17.1. The first-order valence-corrected chi connectivity index (χ1v) is 10.2. The maximum absolute atomic E-state index is 13.4. The van der Waals surface area contributed by atoms with Crippen LogP contribution in [0.1, 0.15) is 29.7 Å². The number of Topliss-reactive ketones (excluding diaryl/α,β-unsaturated/α-hetero) is 1. The molecule has 8 heteroatoms. The van der Waals surface area contributed by atoms with Crippen LogP contribution >= 0.6 is 0 Å². The van der Waals surface area contributed by atoms with Crippen LogP contribution in [-0.4, -0.2) is 29.2 Å². The van der Waals surface area contributed by atoms with E-state index in [1.807, 2.05) is 25.1 Å². The SMILES string of the molecule is COc1ncccc1-c1cc(C)cc(CC(=O)C2(c3ccc4c(c3)OC(F)(F)O4)CC2)n1. The van der Waals surface area contributed by atoms with Crippen LogP contribution in [0, 0.1) is 6.92 Å². The van der Waals surface area contributed by atoms with Crippen molar-refractivity contribution in [2.45, 2.75) is 37.9 Å². The topological polar surface area (TPSA) is 70.5 Å². The van der Waals surface area contributed by atoms with Gasteiger partial charge in [0.15, 0.2) is 11.5 Å². The Balaban J connectivity index is 1.42. The zero-order valence-electron chi connectivity index (χ0n) is 17.5. The Morgan fingerprint density at radius 1 is 1.12 bits per heavy atom. The molecule has 2 aliphatic rings. The molecule has 1 saturated carbocycles. The zero-order chi connectivity index (χ0) is 22.5. The van der Waals surface area contributed by atoms with E-state index >= 15 is 0 Å². The summed E-state index contributed by atoms with van der Waals surface area (Å²) in [4.78, 5) is 22.2. The van der Waals surface area contributed by atoms with Crippen molar-refractivity contribution in [3.05, 3.63) is 65.5 Å².